The van der Waals surface area contributed by atoms with Gasteiger partial charge in [-0.25, -0.2) is 4.98 Å². The van der Waals surface area contributed by atoms with Gasteiger partial charge in [0.25, 0.3) is 0 Å². The lowest BCUT2D eigenvalue weighted by atomic mass is 10.2. The lowest BCUT2D eigenvalue weighted by molar-refractivity contribution is 0.476. The molecule has 3 aromatic heterocycles. The summed E-state index contributed by atoms with van der Waals surface area (Å²) in [6.07, 6.45) is 2.00. The van der Waals surface area contributed by atoms with Crippen molar-refractivity contribution in [3.8, 4) is 0 Å². The highest BCUT2D eigenvalue weighted by molar-refractivity contribution is 7.11. The molecule has 110 valence electrons. The second-order valence-corrected chi connectivity index (χ2v) is 6.51. The Balaban J connectivity index is 1.83. The molecule has 0 amide bonds. The Morgan fingerprint density at radius 3 is 2.67 bits per heavy atom. The molecule has 0 saturated carbocycles. The van der Waals surface area contributed by atoms with Gasteiger partial charge in [-0.2, -0.15) is 0 Å². The summed E-state index contributed by atoms with van der Waals surface area (Å²) in [6, 6.07) is 6.27. The summed E-state index contributed by atoms with van der Waals surface area (Å²) in [4.78, 5) is 5.78. The number of aryl methyl sites for hydroxylation is 2. The minimum Gasteiger partial charge on any atom is -0.300 e. The Morgan fingerprint density at radius 2 is 1.95 bits per heavy atom. The minimum absolute atomic E-state index is 0.110. The van der Waals surface area contributed by atoms with Crippen molar-refractivity contribution in [1.29, 1.82) is 0 Å². The number of pyridine rings is 1. The van der Waals surface area contributed by atoms with Gasteiger partial charge in [0.15, 0.2) is 11.5 Å². The molecule has 0 fully saturated rings. The van der Waals surface area contributed by atoms with Crippen LogP contribution >= 0.6 is 11.3 Å². The summed E-state index contributed by atoms with van der Waals surface area (Å²) in [7, 11) is 0. The van der Waals surface area contributed by atoms with Gasteiger partial charge >= 0.3 is 0 Å². The van der Waals surface area contributed by atoms with E-state index in [2.05, 4.69) is 41.3 Å². The summed E-state index contributed by atoms with van der Waals surface area (Å²) in [5.74, 6) is 0.927. The Labute approximate surface area is 128 Å². The molecule has 0 aromatic carbocycles. The number of hydrogen-bond donors (Lipinski definition) is 1. The topological polar surface area (TPSA) is 55.1 Å². The van der Waals surface area contributed by atoms with Crippen LogP contribution in [0.4, 0.5) is 0 Å². The van der Waals surface area contributed by atoms with Crippen LogP contribution < -0.4 is 5.32 Å². The Hall–Kier alpha value is -1.79. The van der Waals surface area contributed by atoms with Gasteiger partial charge in [-0.15, -0.1) is 21.5 Å². The summed E-state index contributed by atoms with van der Waals surface area (Å²) < 4.78 is 2.02. The minimum atomic E-state index is 0.110. The maximum absolute atomic E-state index is 4.50. The third kappa shape index (κ3) is 2.69. The smallest absolute Gasteiger partial charge is 0.160 e. The molecule has 21 heavy (non-hydrogen) atoms. The van der Waals surface area contributed by atoms with Gasteiger partial charge in [-0.05, 0) is 39.8 Å². The van der Waals surface area contributed by atoms with Gasteiger partial charge in [0, 0.05) is 17.1 Å². The van der Waals surface area contributed by atoms with Gasteiger partial charge in [-0.3, -0.25) is 9.72 Å². The molecule has 0 spiro atoms. The molecule has 3 rings (SSSR count). The maximum atomic E-state index is 4.50. The molecule has 1 N–H and O–H groups in total. The second kappa shape index (κ2) is 5.54. The Bertz CT molecular complexity index is 760. The Kier molecular flexibility index (Phi) is 3.73. The van der Waals surface area contributed by atoms with Crippen molar-refractivity contribution in [2.24, 2.45) is 0 Å². The highest BCUT2D eigenvalue weighted by Crippen LogP contribution is 2.26. The average molecular weight is 301 g/mol. The van der Waals surface area contributed by atoms with Crippen LogP contribution in [0.25, 0.3) is 5.65 Å². The summed E-state index contributed by atoms with van der Waals surface area (Å²) >= 11 is 1.75. The first kappa shape index (κ1) is 14.2. The maximum Gasteiger partial charge on any atom is 0.160 e. The van der Waals surface area contributed by atoms with E-state index in [1.165, 1.54) is 4.88 Å². The molecule has 6 heteroatoms. The normalized spacial score (nSPS) is 14.5. The van der Waals surface area contributed by atoms with E-state index >= 15 is 0 Å². The van der Waals surface area contributed by atoms with Crippen molar-refractivity contribution in [2.75, 3.05) is 0 Å². The first-order valence-electron chi connectivity index (χ1n) is 7.06. The molecule has 0 radical (unpaired) electrons. The molecular formula is C15H19N5S. The van der Waals surface area contributed by atoms with Crippen molar-refractivity contribution in [2.45, 2.75) is 39.8 Å². The fourth-order valence-corrected chi connectivity index (χ4v) is 3.57. The van der Waals surface area contributed by atoms with E-state index in [0.717, 1.165) is 22.2 Å². The number of hydrogen-bond acceptors (Lipinski definition) is 5. The molecular weight excluding hydrogens is 282 g/mol. The largest absolute Gasteiger partial charge is 0.300 e. The first-order valence-corrected chi connectivity index (χ1v) is 7.87. The second-order valence-electron chi connectivity index (χ2n) is 5.28. The number of thiazole rings is 1. The van der Waals surface area contributed by atoms with Crippen LogP contribution in [-0.4, -0.2) is 19.6 Å². The van der Waals surface area contributed by atoms with Crippen LogP contribution in [0.15, 0.2) is 24.4 Å². The van der Waals surface area contributed by atoms with Gasteiger partial charge < -0.3 is 0 Å². The van der Waals surface area contributed by atoms with Crippen molar-refractivity contribution in [3.05, 3.63) is 45.8 Å². The molecule has 3 heterocycles. The van der Waals surface area contributed by atoms with E-state index in [4.69, 9.17) is 0 Å². The van der Waals surface area contributed by atoms with E-state index in [-0.39, 0.29) is 12.1 Å². The monoisotopic (exact) mass is 301 g/mol. The molecule has 0 bridgehead atoms. The quantitative estimate of drug-likeness (QED) is 0.804. The number of nitrogens with one attached hydrogen (secondary N) is 1. The molecule has 0 aliphatic rings. The summed E-state index contributed by atoms with van der Waals surface area (Å²) in [6.45, 7) is 8.39. The SMILES string of the molecule is Cc1nc(C)c(C(C)NC(C)c2nnc3ccccn23)s1. The van der Waals surface area contributed by atoms with E-state index in [1.54, 1.807) is 11.3 Å². The zero-order chi connectivity index (χ0) is 15.0. The first-order chi connectivity index (χ1) is 10.1. The molecule has 0 saturated heterocycles. The lowest BCUT2D eigenvalue weighted by Crippen LogP contribution is -2.24. The van der Waals surface area contributed by atoms with Crippen LogP contribution in [0.2, 0.25) is 0 Å². The number of fused-ring (bicyclic) bond motifs is 1. The Morgan fingerprint density at radius 1 is 1.14 bits per heavy atom. The number of aromatic nitrogens is 4. The number of nitrogens with zero attached hydrogens (tertiary/aromatic N) is 4. The molecule has 2 atom stereocenters. The highest BCUT2D eigenvalue weighted by Gasteiger charge is 2.19. The van der Waals surface area contributed by atoms with Gasteiger partial charge in [0.1, 0.15) is 0 Å². The lowest BCUT2D eigenvalue weighted by Gasteiger charge is -2.18. The molecule has 0 aliphatic carbocycles. The van der Waals surface area contributed by atoms with Crippen LogP contribution in [0.1, 0.15) is 47.3 Å². The van der Waals surface area contributed by atoms with Crippen molar-refractivity contribution in [3.63, 3.8) is 0 Å². The molecule has 5 nitrogen and oxygen atoms in total. The van der Waals surface area contributed by atoms with Gasteiger partial charge in [0.05, 0.1) is 16.7 Å². The van der Waals surface area contributed by atoms with Crippen LogP contribution in [0, 0.1) is 13.8 Å². The van der Waals surface area contributed by atoms with Crippen molar-refractivity contribution in [1.82, 2.24) is 24.9 Å². The van der Waals surface area contributed by atoms with Crippen molar-refractivity contribution >= 4 is 17.0 Å². The summed E-state index contributed by atoms with van der Waals surface area (Å²) in [5, 5.41) is 13.2. The van der Waals surface area contributed by atoms with E-state index in [1.807, 2.05) is 35.7 Å². The third-order valence-corrected chi connectivity index (χ3v) is 4.82. The average Bonchev–Trinajstić information content (AvgIpc) is 3.01. The standard InChI is InChI=1S/C15H19N5S/c1-9(14-10(2)17-12(4)21-14)16-11(3)15-19-18-13-7-5-6-8-20(13)15/h5-9,11,16H,1-4H3. The molecule has 2 unspecified atom stereocenters. The van der Waals surface area contributed by atoms with Gasteiger partial charge in [-0.1, -0.05) is 6.07 Å². The van der Waals surface area contributed by atoms with E-state index in [0.29, 0.717) is 0 Å². The number of rotatable bonds is 4. The van der Waals surface area contributed by atoms with Crippen molar-refractivity contribution < 1.29 is 0 Å². The predicted molar refractivity (Wildman–Crippen MR) is 84.5 cm³/mol. The van der Waals surface area contributed by atoms with Crippen LogP contribution in [-0.2, 0) is 0 Å². The van der Waals surface area contributed by atoms with Crippen LogP contribution in [0.5, 0.6) is 0 Å². The predicted octanol–water partition coefficient (Wildman–Crippen LogP) is 3.21. The van der Waals surface area contributed by atoms with E-state index in [9.17, 15) is 0 Å². The van der Waals surface area contributed by atoms with Crippen LogP contribution in [0.3, 0.4) is 0 Å². The molecule has 3 aromatic rings. The van der Waals surface area contributed by atoms with Gasteiger partial charge in [0.2, 0.25) is 0 Å². The zero-order valence-corrected chi connectivity index (χ0v) is 13.5. The fraction of sp³-hybridized carbons (Fsp3) is 0.400. The summed E-state index contributed by atoms with van der Waals surface area (Å²) in [5.41, 5.74) is 1.98. The molecule has 0 aliphatic heterocycles. The third-order valence-electron chi connectivity index (χ3n) is 3.56. The van der Waals surface area contributed by atoms with E-state index < -0.39 is 0 Å². The fourth-order valence-electron chi connectivity index (χ4n) is 2.63. The zero-order valence-electron chi connectivity index (χ0n) is 12.7. The highest BCUT2D eigenvalue weighted by atomic mass is 32.1.